The zero-order valence-electron chi connectivity index (χ0n) is 13.5. The summed E-state index contributed by atoms with van der Waals surface area (Å²) < 4.78 is 11.6. The van der Waals surface area contributed by atoms with E-state index in [0.29, 0.717) is 18.2 Å². The van der Waals surface area contributed by atoms with Crippen LogP contribution in [0.5, 0.6) is 0 Å². The number of nitrogens with two attached hydrogens (primary N) is 1. The first kappa shape index (κ1) is 16.7. The molecule has 1 aromatic rings. The zero-order valence-corrected chi connectivity index (χ0v) is 14.2. The van der Waals surface area contributed by atoms with Crippen LogP contribution in [0.15, 0.2) is 24.3 Å². The monoisotopic (exact) mass is 345 g/mol. The molecule has 3 N–H and O–H groups in total. The van der Waals surface area contributed by atoms with Gasteiger partial charge in [-0.2, -0.15) is 10.5 Å². The van der Waals surface area contributed by atoms with E-state index in [1.165, 1.54) is 0 Å². The average molecular weight is 346 g/mol. The number of rotatable bonds is 5. The third-order valence-electron chi connectivity index (χ3n) is 4.88. The molecule has 0 bridgehead atoms. The second-order valence-electron chi connectivity index (χ2n) is 5.85. The Morgan fingerprint density at radius 1 is 1.25 bits per heavy atom. The highest BCUT2D eigenvalue weighted by Gasteiger charge is 2.97. The predicted molar refractivity (Wildman–Crippen MR) is 86.4 cm³/mol. The fourth-order valence-electron chi connectivity index (χ4n) is 4.04. The Bertz CT molecular complexity index is 791. The van der Waals surface area contributed by atoms with Crippen molar-refractivity contribution in [2.45, 2.75) is 25.7 Å². The first-order valence-electron chi connectivity index (χ1n) is 7.76. The van der Waals surface area contributed by atoms with E-state index in [9.17, 15) is 10.5 Å². The van der Waals surface area contributed by atoms with Gasteiger partial charge in [-0.3, -0.25) is 5.73 Å². The number of hydrogen-bond donors (Lipinski definition) is 2. The molecule has 0 unspecified atom stereocenters. The molecule has 1 aliphatic carbocycles. The summed E-state index contributed by atoms with van der Waals surface area (Å²) in [5, 5.41) is 20.5. The third-order valence-corrected chi connectivity index (χ3v) is 5.11. The van der Waals surface area contributed by atoms with Crippen LogP contribution in [0, 0.1) is 33.5 Å². The van der Waals surface area contributed by atoms with Crippen LogP contribution < -0.4 is 10.7 Å². The van der Waals surface area contributed by atoms with Gasteiger partial charge in [-0.25, -0.2) is 4.99 Å². The fourth-order valence-corrected chi connectivity index (χ4v) is 4.24. The lowest BCUT2D eigenvalue weighted by Crippen LogP contribution is -2.91. The molecule has 124 valence electrons. The Morgan fingerprint density at radius 3 is 2.42 bits per heavy atom. The van der Waals surface area contributed by atoms with Crippen molar-refractivity contribution in [1.29, 1.82) is 10.5 Å². The lowest BCUT2D eigenvalue weighted by atomic mass is 9.93. The van der Waals surface area contributed by atoms with Crippen LogP contribution in [0.1, 0.15) is 25.3 Å². The normalized spacial score (nSPS) is 32.4. The van der Waals surface area contributed by atoms with E-state index in [4.69, 9.17) is 26.8 Å². The van der Waals surface area contributed by atoms with Crippen molar-refractivity contribution in [2.75, 3.05) is 13.2 Å². The van der Waals surface area contributed by atoms with Crippen LogP contribution in [0.4, 0.5) is 0 Å². The zero-order chi connectivity index (χ0) is 17.6. The summed E-state index contributed by atoms with van der Waals surface area (Å²) in [6, 6.07) is 11.6. The molecule has 2 aliphatic rings. The highest BCUT2D eigenvalue weighted by atomic mass is 35.5. The van der Waals surface area contributed by atoms with Crippen LogP contribution in [0.2, 0.25) is 5.02 Å². The number of fused-ring (bicyclic) bond motifs is 1. The second kappa shape index (κ2) is 5.46. The van der Waals surface area contributed by atoms with Gasteiger partial charge in [0.25, 0.3) is 5.84 Å². The largest absolute Gasteiger partial charge is 0.343 e. The minimum atomic E-state index is -1.46. The van der Waals surface area contributed by atoms with E-state index >= 15 is 0 Å². The molecule has 6 nitrogen and oxygen atoms in total. The minimum absolute atomic E-state index is 0.193. The molecular weight excluding hydrogens is 328 g/mol. The summed E-state index contributed by atoms with van der Waals surface area (Å²) in [6.45, 7) is 4.20. The quantitative estimate of drug-likeness (QED) is 0.761. The molecule has 0 saturated heterocycles. The van der Waals surface area contributed by atoms with E-state index in [1.54, 1.807) is 32.0 Å². The Labute approximate surface area is 145 Å². The lowest BCUT2D eigenvalue weighted by Gasteiger charge is -2.29. The number of nitriles is 2. The van der Waals surface area contributed by atoms with Gasteiger partial charge in [-0.15, -0.1) is 0 Å². The van der Waals surface area contributed by atoms with Crippen LogP contribution in [0.3, 0.4) is 0 Å². The van der Waals surface area contributed by atoms with Gasteiger partial charge in [0.05, 0.1) is 25.4 Å². The van der Waals surface area contributed by atoms with Gasteiger partial charge in [-0.05, 0) is 31.5 Å². The molecule has 1 aliphatic heterocycles. The highest BCUT2D eigenvalue weighted by Crippen LogP contribution is 2.78. The maximum Gasteiger partial charge on any atom is 0.343 e. The molecule has 0 amide bonds. The SMILES string of the molecule is CCOC1(OCC)[NH+]=C(N)[C@@]2(C#N)[C@H](c3cccc(Cl)c3)[C@@]12C#N. The van der Waals surface area contributed by atoms with Crippen LogP contribution in [-0.4, -0.2) is 25.0 Å². The molecule has 0 radical (unpaired) electrons. The summed E-state index contributed by atoms with van der Waals surface area (Å²) in [4.78, 5) is 2.94. The van der Waals surface area contributed by atoms with Gasteiger partial charge < -0.3 is 9.47 Å². The molecular formula is C17H18ClN4O2+. The van der Waals surface area contributed by atoms with Crippen molar-refractivity contribution in [2.24, 2.45) is 16.6 Å². The van der Waals surface area contributed by atoms with Gasteiger partial charge in [0.2, 0.25) is 0 Å². The summed E-state index contributed by atoms with van der Waals surface area (Å²) in [5.74, 6) is -1.76. The van der Waals surface area contributed by atoms with Crippen LogP contribution >= 0.6 is 11.6 Å². The molecule has 1 heterocycles. The van der Waals surface area contributed by atoms with Gasteiger partial charge in [0.1, 0.15) is 0 Å². The topological polar surface area (TPSA) is 106 Å². The van der Waals surface area contributed by atoms with Gasteiger partial charge in [0, 0.05) is 10.9 Å². The highest BCUT2D eigenvalue weighted by molar-refractivity contribution is 6.30. The Hall–Kier alpha value is -2.12. The Kier molecular flexibility index (Phi) is 3.80. The smallest absolute Gasteiger partial charge is 0.314 e. The summed E-state index contributed by atoms with van der Waals surface area (Å²) in [6.07, 6.45) is 0. The number of nitrogens with zero attached hydrogens (tertiary/aromatic N) is 2. The number of amidine groups is 1. The van der Waals surface area contributed by atoms with Crippen LogP contribution in [-0.2, 0) is 9.47 Å². The standard InChI is InChI=1S/C17H17ClN4O2/c1-3-23-17(24-4-2)16(10-20)13(11-6-5-7-12(18)8-11)15(16,9-19)14(21)22-17/h5-8,13H,3-4H2,1-2H3,(H2,21,22)/p+1/t13-,15+,16+/m0/s1. The van der Waals surface area contributed by atoms with Gasteiger partial charge in [0.15, 0.2) is 10.8 Å². The lowest BCUT2D eigenvalue weighted by molar-refractivity contribution is -0.693. The molecule has 1 fully saturated rings. The first-order valence-corrected chi connectivity index (χ1v) is 8.14. The number of hydrogen-bond acceptors (Lipinski definition) is 5. The maximum atomic E-state index is 10.1. The number of ether oxygens (including phenoxy) is 2. The number of nitrogens with one attached hydrogen (secondary N) is 1. The van der Waals surface area contributed by atoms with E-state index in [-0.39, 0.29) is 5.84 Å². The molecule has 0 spiro atoms. The average Bonchev–Trinajstić information content (AvgIpc) is 3.14. The Balaban J connectivity index is 2.23. The van der Waals surface area contributed by atoms with Gasteiger partial charge >= 0.3 is 5.91 Å². The summed E-state index contributed by atoms with van der Waals surface area (Å²) in [7, 11) is 0. The van der Waals surface area contributed by atoms with Crippen molar-refractivity contribution in [1.82, 2.24) is 0 Å². The van der Waals surface area contributed by atoms with E-state index in [1.807, 2.05) is 6.07 Å². The Morgan fingerprint density at radius 2 is 1.92 bits per heavy atom. The molecule has 7 heteroatoms. The fraction of sp³-hybridized carbons (Fsp3) is 0.471. The minimum Gasteiger partial charge on any atom is -0.314 e. The predicted octanol–water partition coefficient (Wildman–Crippen LogP) is 0.635. The van der Waals surface area contributed by atoms with Crippen molar-refractivity contribution < 1.29 is 14.5 Å². The van der Waals surface area contributed by atoms with E-state index < -0.39 is 22.7 Å². The molecule has 3 rings (SSSR count). The number of benzene rings is 1. The van der Waals surface area contributed by atoms with Crippen molar-refractivity contribution in [3.8, 4) is 12.1 Å². The van der Waals surface area contributed by atoms with Crippen molar-refractivity contribution >= 4 is 17.4 Å². The molecule has 3 atom stereocenters. The molecule has 1 aromatic carbocycles. The van der Waals surface area contributed by atoms with E-state index in [0.717, 1.165) is 5.56 Å². The van der Waals surface area contributed by atoms with Crippen molar-refractivity contribution in [3.05, 3.63) is 34.9 Å². The van der Waals surface area contributed by atoms with Gasteiger partial charge in [-0.1, -0.05) is 23.7 Å². The first-order chi connectivity index (χ1) is 11.5. The van der Waals surface area contributed by atoms with Crippen molar-refractivity contribution in [3.63, 3.8) is 0 Å². The molecule has 0 aromatic heterocycles. The second-order valence-corrected chi connectivity index (χ2v) is 6.29. The molecule has 1 saturated carbocycles. The van der Waals surface area contributed by atoms with Crippen LogP contribution in [0.25, 0.3) is 0 Å². The third kappa shape index (κ3) is 1.68. The van der Waals surface area contributed by atoms with E-state index in [2.05, 4.69) is 17.1 Å². The molecule has 24 heavy (non-hydrogen) atoms. The number of halogens is 1. The summed E-state index contributed by atoms with van der Waals surface area (Å²) >= 11 is 6.10. The maximum absolute atomic E-state index is 10.1. The summed E-state index contributed by atoms with van der Waals surface area (Å²) in [5.41, 5.74) is 4.42.